The van der Waals surface area contributed by atoms with Crippen LogP contribution in [0, 0.1) is 0 Å². The van der Waals surface area contributed by atoms with Crippen LogP contribution in [-0.2, 0) is 0 Å². The molecule has 2 rings (SSSR count). The van der Waals surface area contributed by atoms with Crippen LogP contribution in [0.4, 0.5) is 0 Å². The van der Waals surface area contributed by atoms with Gasteiger partial charge in [-0.3, -0.25) is 9.80 Å². The summed E-state index contributed by atoms with van der Waals surface area (Å²) in [7, 11) is 0. The number of rotatable bonds is 8. The van der Waals surface area contributed by atoms with Crippen LogP contribution < -0.4 is 5.32 Å². The Kier molecular flexibility index (Phi) is 8.27. The molecule has 2 aliphatic heterocycles. The lowest BCUT2D eigenvalue weighted by Gasteiger charge is -2.43. The molecule has 0 amide bonds. The zero-order valence-corrected chi connectivity index (χ0v) is 15.9. The lowest BCUT2D eigenvalue weighted by molar-refractivity contribution is 0.0274. The van der Waals surface area contributed by atoms with Crippen molar-refractivity contribution >= 4 is 0 Å². The molecular weight excluding hydrogens is 286 g/mol. The van der Waals surface area contributed by atoms with Gasteiger partial charge in [-0.05, 0) is 25.9 Å². The molecule has 2 fully saturated rings. The second-order valence-corrected chi connectivity index (χ2v) is 6.87. The van der Waals surface area contributed by atoms with Gasteiger partial charge in [0.25, 0.3) is 0 Å². The van der Waals surface area contributed by atoms with Gasteiger partial charge in [0.2, 0.25) is 0 Å². The summed E-state index contributed by atoms with van der Waals surface area (Å²) in [4.78, 5) is 10.3. The van der Waals surface area contributed by atoms with Crippen molar-refractivity contribution in [1.82, 2.24) is 24.9 Å². The monoisotopic (exact) mass is 324 g/mol. The minimum atomic E-state index is 0.406. The first-order valence-corrected chi connectivity index (χ1v) is 9.84. The van der Waals surface area contributed by atoms with Crippen molar-refractivity contribution in [2.24, 2.45) is 0 Å². The van der Waals surface area contributed by atoms with Crippen molar-refractivity contribution in [3.05, 3.63) is 0 Å². The van der Waals surface area contributed by atoms with Gasteiger partial charge in [0, 0.05) is 52.4 Å². The molecular formula is C18H38N5. The predicted octanol–water partition coefficient (Wildman–Crippen LogP) is 1.34. The van der Waals surface area contributed by atoms with E-state index in [1.54, 1.807) is 0 Å². The number of piperazine rings is 2. The van der Waals surface area contributed by atoms with Crippen molar-refractivity contribution in [3.63, 3.8) is 0 Å². The molecule has 0 saturated carbocycles. The highest BCUT2D eigenvalue weighted by atomic mass is 15.4. The second-order valence-electron chi connectivity index (χ2n) is 6.87. The molecule has 0 spiro atoms. The molecule has 135 valence electrons. The van der Waals surface area contributed by atoms with Gasteiger partial charge < -0.3 is 9.80 Å². The van der Waals surface area contributed by atoms with E-state index < -0.39 is 0 Å². The summed E-state index contributed by atoms with van der Waals surface area (Å²) in [6.07, 6.45) is 3.08. The normalized spacial score (nSPS) is 25.6. The topological polar surface area (TPSA) is 27.1 Å². The molecule has 2 heterocycles. The molecule has 0 bridgehead atoms. The van der Waals surface area contributed by atoms with Gasteiger partial charge in [-0.15, -0.1) is 0 Å². The van der Waals surface area contributed by atoms with Crippen molar-refractivity contribution in [1.29, 1.82) is 0 Å². The van der Waals surface area contributed by atoms with Crippen LogP contribution in [0.1, 0.15) is 40.5 Å². The van der Waals surface area contributed by atoms with E-state index in [-0.39, 0.29) is 0 Å². The predicted molar refractivity (Wildman–Crippen MR) is 97.7 cm³/mol. The highest BCUT2D eigenvalue weighted by Gasteiger charge is 2.28. The fourth-order valence-electron chi connectivity index (χ4n) is 3.87. The molecule has 1 radical (unpaired) electrons. The van der Waals surface area contributed by atoms with Gasteiger partial charge in [-0.25, -0.2) is 5.32 Å². The Balaban J connectivity index is 1.84. The lowest BCUT2D eigenvalue weighted by atomic mass is 10.2. The summed E-state index contributed by atoms with van der Waals surface area (Å²) in [6, 6.07) is 0. The first-order chi connectivity index (χ1) is 11.2. The molecule has 0 aromatic carbocycles. The molecule has 0 aliphatic carbocycles. The van der Waals surface area contributed by atoms with Crippen LogP contribution >= 0.6 is 0 Å². The van der Waals surface area contributed by atoms with Crippen molar-refractivity contribution in [2.75, 3.05) is 65.4 Å². The van der Waals surface area contributed by atoms with Crippen molar-refractivity contribution in [2.45, 2.75) is 52.9 Å². The number of likely N-dealkylation sites (N-methyl/N-ethyl adjacent to an activating group) is 2. The molecule has 2 unspecified atom stereocenters. The summed E-state index contributed by atoms with van der Waals surface area (Å²) in [5.41, 5.74) is 0. The third kappa shape index (κ3) is 5.40. The minimum absolute atomic E-state index is 0.406. The second kappa shape index (κ2) is 9.94. The summed E-state index contributed by atoms with van der Waals surface area (Å²) in [6.45, 7) is 21.0. The van der Waals surface area contributed by atoms with Crippen LogP contribution in [0.15, 0.2) is 0 Å². The van der Waals surface area contributed by atoms with Gasteiger partial charge in [0.05, 0.1) is 12.3 Å². The molecule has 0 N–H and O–H groups in total. The standard InChI is InChI=1S/C18H38N5/c1-5-17(22-13-9-20(7-3)10-14-22)19-18(6-2)23-15-11-21(8-4)12-16-23/h17-18H,5-16H2,1-4H3. The maximum atomic E-state index is 5.28. The Morgan fingerprint density at radius 2 is 0.957 bits per heavy atom. The molecule has 23 heavy (non-hydrogen) atoms. The summed E-state index contributed by atoms with van der Waals surface area (Å²) < 4.78 is 0. The first kappa shape index (κ1) is 19.1. The third-order valence-electron chi connectivity index (χ3n) is 5.63. The minimum Gasteiger partial charge on any atom is -0.301 e. The zero-order valence-electron chi connectivity index (χ0n) is 15.9. The maximum absolute atomic E-state index is 5.28. The van der Waals surface area contributed by atoms with Crippen molar-refractivity contribution < 1.29 is 0 Å². The number of hydrogen-bond donors (Lipinski definition) is 0. The van der Waals surface area contributed by atoms with Crippen LogP contribution in [0.3, 0.4) is 0 Å². The Morgan fingerprint density at radius 1 is 0.609 bits per heavy atom. The third-order valence-corrected chi connectivity index (χ3v) is 5.63. The number of hydrogen-bond acceptors (Lipinski definition) is 4. The first-order valence-electron chi connectivity index (χ1n) is 9.84. The Labute approximate surface area is 144 Å². The smallest absolute Gasteiger partial charge is 0.0777 e. The van der Waals surface area contributed by atoms with Crippen LogP contribution in [-0.4, -0.2) is 97.4 Å². The fourth-order valence-corrected chi connectivity index (χ4v) is 3.87. The average Bonchev–Trinajstić information content (AvgIpc) is 2.63. The average molecular weight is 325 g/mol. The Bertz CT molecular complexity index is 279. The molecule has 2 saturated heterocycles. The van der Waals surface area contributed by atoms with E-state index >= 15 is 0 Å². The summed E-state index contributed by atoms with van der Waals surface area (Å²) in [5, 5.41) is 5.28. The van der Waals surface area contributed by atoms with Gasteiger partial charge >= 0.3 is 0 Å². The largest absolute Gasteiger partial charge is 0.301 e. The Hall–Kier alpha value is -0.200. The number of nitrogens with zero attached hydrogens (tertiary/aromatic N) is 5. The summed E-state index contributed by atoms with van der Waals surface area (Å²) >= 11 is 0. The van der Waals surface area contributed by atoms with Gasteiger partial charge in [0.15, 0.2) is 0 Å². The fraction of sp³-hybridized carbons (Fsp3) is 1.00. The molecule has 0 aromatic heterocycles. The highest BCUT2D eigenvalue weighted by molar-refractivity contribution is 4.81. The van der Waals surface area contributed by atoms with E-state index in [0.29, 0.717) is 12.3 Å². The van der Waals surface area contributed by atoms with E-state index in [1.165, 1.54) is 65.4 Å². The van der Waals surface area contributed by atoms with Crippen LogP contribution in [0.25, 0.3) is 0 Å². The zero-order chi connectivity index (χ0) is 16.7. The van der Waals surface area contributed by atoms with Crippen LogP contribution in [0.5, 0.6) is 0 Å². The molecule has 2 aliphatic rings. The van der Waals surface area contributed by atoms with Gasteiger partial charge in [-0.1, -0.05) is 27.7 Å². The van der Waals surface area contributed by atoms with Crippen LogP contribution in [0.2, 0.25) is 0 Å². The Morgan fingerprint density at radius 3 is 1.22 bits per heavy atom. The van der Waals surface area contributed by atoms with Crippen molar-refractivity contribution in [3.8, 4) is 0 Å². The van der Waals surface area contributed by atoms with E-state index in [9.17, 15) is 0 Å². The van der Waals surface area contributed by atoms with Gasteiger partial charge in [0.1, 0.15) is 0 Å². The van der Waals surface area contributed by atoms with E-state index in [0.717, 1.165) is 12.8 Å². The van der Waals surface area contributed by atoms with E-state index in [1.807, 2.05) is 0 Å². The van der Waals surface area contributed by atoms with Gasteiger partial charge in [-0.2, -0.15) is 0 Å². The SMILES string of the molecule is CCC([N]C(CC)N1CCN(CC)CC1)N1CCN(CC)CC1. The summed E-state index contributed by atoms with van der Waals surface area (Å²) in [5.74, 6) is 0. The molecule has 5 nitrogen and oxygen atoms in total. The highest BCUT2D eigenvalue weighted by Crippen LogP contribution is 2.14. The van der Waals surface area contributed by atoms with E-state index in [2.05, 4.69) is 47.3 Å². The molecule has 5 heteroatoms. The maximum Gasteiger partial charge on any atom is 0.0777 e. The lowest BCUT2D eigenvalue weighted by Crippen LogP contribution is -2.58. The molecule has 2 atom stereocenters. The van der Waals surface area contributed by atoms with E-state index in [4.69, 9.17) is 5.32 Å². The quantitative estimate of drug-likeness (QED) is 0.673. The molecule has 0 aromatic rings.